The third kappa shape index (κ3) is 2.07. The minimum Gasteiger partial charge on any atom is -0.366 e. The number of aldehydes is 1. The maximum atomic E-state index is 10.5. The SMILES string of the molecule is O=Cc1cc(N2CCC=C(Br)C2)cs1. The Labute approximate surface area is 95.4 Å². The van der Waals surface area contributed by atoms with E-state index in [1.165, 1.54) is 15.8 Å². The Bertz CT molecular complexity index is 372. The minimum absolute atomic E-state index is 0.797. The predicted molar refractivity (Wildman–Crippen MR) is 63.5 cm³/mol. The molecule has 0 saturated heterocycles. The summed E-state index contributed by atoms with van der Waals surface area (Å²) in [6, 6.07) is 1.95. The molecule has 1 aromatic rings. The van der Waals surface area contributed by atoms with Gasteiger partial charge in [0, 0.05) is 28.6 Å². The molecule has 0 N–H and O–H groups in total. The molecule has 0 atom stereocenters. The lowest BCUT2D eigenvalue weighted by molar-refractivity contribution is 0.112. The first-order valence-corrected chi connectivity index (χ1v) is 6.10. The molecular formula is C10H10BrNOS. The van der Waals surface area contributed by atoms with E-state index in [1.807, 2.05) is 11.4 Å². The fourth-order valence-corrected chi connectivity index (χ4v) is 2.74. The molecule has 0 radical (unpaired) electrons. The molecule has 0 amide bonds. The van der Waals surface area contributed by atoms with Crippen molar-refractivity contribution >= 4 is 39.2 Å². The van der Waals surface area contributed by atoms with E-state index in [4.69, 9.17) is 0 Å². The van der Waals surface area contributed by atoms with E-state index in [1.54, 1.807) is 0 Å². The summed E-state index contributed by atoms with van der Waals surface area (Å²) < 4.78 is 1.22. The number of hydrogen-bond donors (Lipinski definition) is 0. The molecule has 2 rings (SSSR count). The highest BCUT2D eigenvalue weighted by Crippen LogP contribution is 2.26. The molecule has 1 aromatic heterocycles. The minimum atomic E-state index is 0.797. The summed E-state index contributed by atoms with van der Waals surface area (Å²) >= 11 is 5.00. The molecule has 2 nitrogen and oxygen atoms in total. The molecule has 4 heteroatoms. The molecule has 74 valence electrons. The zero-order valence-electron chi connectivity index (χ0n) is 7.57. The number of carbonyl (C=O) groups excluding carboxylic acids is 1. The van der Waals surface area contributed by atoms with Crippen LogP contribution in [0.4, 0.5) is 5.69 Å². The monoisotopic (exact) mass is 271 g/mol. The van der Waals surface area contributed by atoms with Gasteiger partial charge in [0.2, 0.25) is 0 Å². The largest absolute Gasteiger partial charge is 0.366 e. The molecule has 0 aliphatic carbocycles. The van der Waals surface area contributed by atoms with Crippen molar-refractivity contribution in [3.63, 3.8) is 0 Å². The van der Waals surface area contributed by atoms with E-state index in [2.05, 4.69) is 26.9 Å². The van der Waals surface area contributed by atoms with Crippen molar-refractivity contribution in [2.75, 3.05) is 18.0 Å². The molecule has 0 unspecified atom stereocenters. The van der Waals surface area contributed by atoms with Crippen LogP contribution in [0.1, 0.15) is 16.1 Å². The lowest BCUT2D eigenvalue weighted by atomic mass is 10.2. The Morgan fingerprint density at radius 2 is 2.43 bits per heavy atom. The van der Waals surface area contributed by atoms with E-state index in [-0.39, 0.29) is 0 Å². The van der Waals surface area contributed by atoms with Gasteiger partial charge in [-0.15, -0.1) is 11.3 Å². The maximum Gasteiger partial charge on any atom is 0.160 e. The van der Waals surface area contributed by atoms with Gasteiger partial charge in [0.25, 0.3) is 0 Å². The molecule has 0 fully saturated rings. The highest BCUT2D eigenvalue weighted by atomic mass is 79.9. The normalized spacial score (nSPS) is 16.6. The Morgan fingerprint density at radius 1 is 1.57 bits per heavy atom. The van der Waals surface area contributed by atoms with Crippen LogP contribution in [0.3, 0.4) is 0 Å². The second kappa shape index (κ2) is 4.28. The molecule has 1 aliphatic heterocycles. The van der Waals surface area contributed by atoms with Crippen molar-refractivity contribution in [3.8, 4) is 0 Å². The Kier molecular flexibility index (Phi) is 3.03. The number of hydrogen-bond acceptors (Lipinski definition) is 3. The topological polar surface area (TPSA) is 20.3 Å². The standard InChI is InChI=1S/C10H10BrNOS/c11-8-2-1-3-12(5-8)9-4-10(6-13)14-7-9/h2,4,6-7H,1,3,5H2. The van der Waals surface area contributed by atoms with E-state index in [0.717, 1.165) is 36.4 Å². The van der Waals surface area contributed by atoms with E-state index < -0.39 is 0 Å². The summed E-state index contributed by atoms with van der Waals surface area (Å²) in [5.74, 6) is 0. The molecule has 0 aromatic carbocycles. The molecule has 2 heterocycles. The van der Waals surface area contributed by atoms with Crippen molar-refractivity contribution in [2.45, 2.75) is 6.42 Å². The van der Waals surface area contributed by atoms with Crippen LogP contribution >= 0.6 is 27.3 Å². The Balaban J connectivity index is 2.15. The fourth-order valence-electron chi connectivity index (χ4n) is 1.49. The summed E-state index contributed by atoms with van der Waals surface area (Å²) in [4.78, 5) is 13.6. The van der Waals surface area contributed by atoms with Crippen molar-refractivity contribution in [3.05, 3.63) is 26.9 Å². The Morgan fingerprint density at radius 3 is 3.07 bits per heavy atom. The van der Waals surface area contributed by atoms with Crippen LogP contribution in [0.25, 0.3) is 0 Å². The van der Waals surface area contributed by atoms with Crippen molar-refractivity contribution < 1.29 is 4.79 Å². The zero-order valence-corrected chi connectivity index (χ0v) is 9.97. The van der Waals surface area contributed by atoms with Crippen LogP contribution in [0.5, 0.6) is 0 Å². The van der Waals surface area contributed by atoms with Crippen LogP contribution in [-0.4, -0.2) is 19.4 Å². The highest BCUT2D eigenvalue weighted by molar-refractivity contribution is 9.11. The highest BCUT2D eigenvalue weighted by Gasteiger charge is 2.12. The number of anilines is 1. The number of rotatable bonds is 2. The summed E-state index contributed by atoms with van der Waals surface area (Å²) in [7, 11) is 0. The van der Waals surface area contributed by atoms with Crippen molar-refractivity contribution in [1.29, 1.82) is 0 Å². The molecule has 14 heavy (non-hydrogen) atoms. The first kappa shape index (κ1) is 9.93. The van der Waals surface area contributed by atoms with E-state index >= 15 is 0 Å². The Hall–Kier alpha value is -0.610. The van der Waals surface area contributed by atoms with Gasteiger partial charge in [-0.3, -0.25) is 4.79 Å². The number of thiophene rings is 1. The van der Waals surface area contributed by atoms with Crippen molar-refractivity contribution in [2.24, 2.45) is 0 Å². The lowest BCUT2D eigenvalue weighted by Crippen LogP contribution is -2.27. The van der Waals surface area contributed by atoms with Gasteiger partial charge < -0.3 is 4.90 Å². The van der Waals surface area contributed by atoms with Crippen LogP contribution in [0.15, 0.2) is 22.0 Å². The number of halogens is 1. The number of carbonyl (C=O) groups is 1. The van der Waals surface area contributed by atoms with Gasteiger partial charge in [-0.05, 0) is 12.5 Å². The fraction of sp³-hybridized carbons (Fsp3) is 0.300. The van der Waals surface area contributed by atoms with Gasteiger partial charge >= 0.3 is 0 Å². The van der Waals surface area contributed by atoms with E-state index in [0.29, 0.717) is 0 Å². The van der Waals surface area contributed by atoms with Crippen LogP contribution in [0.2, 0.25) is 0 Å². The van der Waals surface area contributed by atoms with Gasteiger partial charge in [0.05, 0.1) is 4.88 Å². The average Bonchev–Trinajstić information content (AvgIpc) is 2.66. The summed E-state index contributed by atoms with van der Waals surface area (Å²) in [5.41, 5.74) is 1.15. The van der Waals surface area contributed by atoms with Gasteiger partial charge in [0.1, 0.15) is 0 Å². The van der Waals surface area contributed by atoms with Gasteiger partial charge in [0.15, 0.2) is 6.29 Å². The number of nitrogens with zero attached hydrogens (tertiary/aromatic N) is 1. The van der Waals surface area contributed by atoms with Crippen LogP contribution in [0, 0.1) is 0 Å². The molecule has 0 saturated carbocycles. The summed E-state index contributed by atoms with van der Waals surface area (Å²) in [6.45, 7) is 1.94. The van der Waals surface area contributed by atoms with Crippen LogP contribution < -0.4 is 4.90 Å². The first-order chi connectivity index (χ1) is 6.79. The molecule has 0 bridgehead atoms. The van der Waals surface area contributed by atoms with Crippen molar-refractivity contribution in [1.82, 2.24) is 0 Å². The third-order valence-corrected chi connectivity index (χ3v) is 3.61. The zero-order chi connectivity index (χ0) is 9.97. The van der Waals surface area contributed by atoms with Crippen LogP contribution in [-0.2, 0) is 0 Å². The summed E-state index contributed by atoms with van der Waals surface area (Å²) in [6.07, 6.45) is 4.17. The molecule has 0 spiro atoms. The van der Waals surface area contributed by atoms with Gasteiger partial charge in [-0.1, -0.05) is 22.0 Å². The molecule has 1 aliphatic rings. The third-order valence-electron chi connectivity index (χ3n) is 2.19. The smallest absolute Gasteiger partial charge is 0.160 e. The second-order valence-corrected chi connectivity index (χ2v) is 5.15. The maximum absolute atomic E-state index is 10.5. The average molecular weight is 272 g/mol. The van der Waals surface area contributed by atoms with Gasteiger partial charge in [-0.25, -0.2) is 0 Å². The second-order valence-electron chi connectivity index (χ2n) is 3.19. The van der Waals surface area contributed by atoms with E-state index in [9.17, 15) is 4.79 Å². The first-order valence-electron chi connectivity index (χ1n) is 4.43. The van der Waals surface area contributed by atoms with Gasteiger partial charge in [-0.2, -0.15) is 0 Å². The quantitative estimate of drug-likeness (QED) is 0.771. The lowest BCUT2D eigenvalue weighted by Gasteiger charge is -2.26. The molecular weight excluding hydrogens is 262 g/mol. The predicted octanol–water partition coefficient (Wildman–Crippen LogP) is 3.05. The summed E-state index contributed by atoms with van der Waals surface area (Å²) in [5, 5.41) is 2.04.